The molecule has 0 N–H and O–H groups in total. The van der Waals surface area contributed by atoms with Gasteiger partial charge in [0.2, 0.25) is 0 Å². The van der Waals surface area contributed by atoms with Crippen LogP contribution in [-0.2, 0) is 4.74 Å². The molecule has 0 fully saturated rings. The lowest BCUT2D eigenvalue weighted by Crippen LogP contribution is -2.25. The van der Waals surface area contributed by atoms with Gasteiger partial charge in [-0.15, -0.1) is 0 Å². The lowest BCUT2D eigenvalue weighted by atomic mass is 10.2. The van der Waals surface area contributed by atoms with Gasteiger partial charge in [0.25, 0.3) is 0 Å². The maximum absolute atomic E-state index is 5.09. The second-order valence-corrected chi connectivity index (χ2v) is 4.38. The SMILES string of the molecule is CCCCN(CCCCOC)c1ccccc1. The number of anilines is 1. The van der Waals surface area contributed by atoms with E-state index in [1.165, 1.54) is 24.9 Å². The Morgan fingerprint density at radius 1 is 1.00 bits per heavy atom. The van der Waals surface area contributed by atoms with Crippen LogP contribution in [0.5, 0.6) is 0 Å². The first-order valence-corrected chi connectivity index (χ1v) is 6.67. The van der Waals surface area contributed by atoms with Gasteiger partial charge >= 0.3 is 0 Å². The van der Waals surface area contributed by atoms with E-state index in [0.29, 0.717) is 0 Å². The number of benzene rings is 1. The summed E-state index contributed by atoms with van der Waals surface area (Å²) >= 11 is 0. The third kappa shape index (κ3) is 5.73. The van der Waals surface area contributed by atoms with E-state index in [9.17, 15) is 0 Å². The van der Waals surface area contributed by atoms with Gasteiger partial charge in [-0.1, -0.05) is 31.5 Å². The summed E-state index contributed by atoms with van der Waals surface area (Å²) in [7, 11) is 1.77. The molecule has 1 aromatic carbocycles. The Labute approximate surface area is 106 Å². The molecule has 0 unspecified atom stereocenters. The van der Waals surface area contributed by atoms with E-state index >= 15 is 0 Å². The van der Waals surface area contributed by atoms with Crippen LogP contribution in [-0.4, -0.2) is 26.8 Å². The molecule has 0 amide bonds. The van der Waals surface area contributed by atoms with Crippen molar-refractivity contribution in [3.05, 3.63) is 30.3 Å². The lowest BCUT2D eigenvalue weighted by molar-refractivity contribution is 0.193. The minimum atomic E-state index is 0.871. The van der Waals surface area contributed by atoms with Gasteiger partial charge in [0.15, 0.2) is 0 Å². The Kier molecular flexibility index (Phi) is 7.48. The largest absolute Gasteiger partial charge is 0.385 e. The van der Waals surface area contributed by atoms with Crippen LogP contribution in [0.25, 0.3) is 0 Å². The molecule has 0 atom stereocenters. The first-order valence-electron chi connectivity index (χ1n) is 6.67. The summed E-state index contributed by atoms with van der Waals surface area (Å²) in [6.07, 6.45) is 4.86. The Hall–Kier alpha value is -1.02. The van der Waals surface area contributed by atoms with Crippen LogP contribution in [0.2, 0.25) is 0 Å². The maximum atomic E-state index is 5.09. The number of unbranched alkanes of at least 4 members (excludes halogenated alkanes) is 2. The molecule has 1 aromatic rings. The van der Waals surface area contributed by atoms with E-state index in [-0.39, 0.29) is 0 Å². The molecule has 0 saturated carbocycles. The number of methoxy groups -OCH3 is 1. The fraction of sp³-hybridized carbons (Fsp3) is 0.600. The molecule has 0 bridgehead atoms. The maximum Gasteiger partial charge on any atom is 0.0462 e. The van der Waals surface area contributed by atoms with Crippen LogP contribution in [0.3, 0.4) is 0 Å². The highest BCUT2D eigenvalue weighted by Gasteiger charge is 2.04. The Morgan fingerprint density at radius 2 is 1.71 bits per heavy atom. The third-order valence-electron chi connectivity index (χ3n) is 2.93. The number of hydrogen-bond donors (Lipinski definition) is 0. The van der Waals surface area contributed by atoms with Gasteiger partial charge in [-0.3, -0.25) is 0 Å². The summed E-state index contributed by atoms with van der Waals surface area (Å²) in [5.74, 6) is 0. The molecule has 2 nitrogen and oxygen atoms in total. The molecule has 0 aliphatic heterocycles. The number of ether oxygens (including phenoxy) is 1. The zero-order chi connectivity index (χ0) is 12.3. The Bertz CT molecular complexity index is 274. The van der Waals surface area contributed by atoms with Gasteiger partial charge in [0.1, 0.15) is 0 Å². The first kappa shape index (κ1) is 14.0. The predicted molar refractivity (Wildman–Crippen MR) is 74.7 cm³/mol. The van der Waals surface area contributed by atoms with Crippen LogP contribution < -0.4 is 4.90 Å². The lowest BCUT2D eigenvalue weighted by Gasteiger charge is -2.24. The quantitative estimate of drug-likeness (QED) is 0.605. The van der Waals surface area contributed by atoms with Gasteiger partial charge in [-0.05, 0) is 31.4 Å². The molecular formula is C15H25NO. The smallest absolute Gasteiger partial charge is 0.0462 e. The van der Waals surface area contributed by atoms with Crippen molar-refractivity contribution >= 4 is 5.69 Å². The zero-order valence-electron chi connectivity index (χ0n) is 11.2. The summed E-state index contributed by atoms with van der Waals surface area (Å²) in [6, 6.07) is 10.7. The van der Waals surface area contributed by atoms with Crippen LogP contribution in [0.4, 0.5) is 5.69 Å². The van der Waals surface area contributed by atoms with Crippen molar-refractivity contribution in [1.29, 1.82) is 0 Å². The van der Waals surface area contributed by atoms with Crippen molar-refractivity contribution in [2.24, 2.45) is 0 Å². The van der Waals surface area contributed by atoms with Gasteiger partial charge in [-0.25, -0.2) is 0 Å². The predicted octanol–water partition coefficient (Wildman–Crippen LogP) is 3.72. The van der Waals surface area contributed by atoms with E-state index in [1.807, 2.05) is 0 Å². The second kappa shape index (κ2) is 9.06. The average Bonchev–Trinajstić information content (AvgIpc) is 2.39. The minimum Gasteiger partial charge on any atom is -0.385 e. The van der Waals surface area contributed by atoms with Crippen molar-refractivity contribution < 1.29 is 4.74 Å². The van der Waals surface area contributed by atoms with E-state index in [4.69, 9.17) is 4.74 Å². The van der Waals surface area contributed by atoms with Crippen molar-refractivity contribution in [2.75, 3.05) is 31.7 Å². The summed E-state index contributed by atoms with van der Waals surface area (Å²) in [5, 5.41) is 0. The molecule has 0 heterocycles. The Morgan fingerprint density at radius 3 is 2.35 bits per heavy atom. The molecule has 0 saturated heterocycles. The molecule has 0 aromatic heterocycles. The molecular weight excluding hydrogens is 210 g/mol. The van der Waals surface area contributed by atoms with E-state index < -0.39 is 0 Å². The molecule has 0 spiro atoms. The second-order valence-electron chi connectivity index (χ2n) is 4.38. The van der Waals surface area contributed by atoms with Gasteiger partial charge in [0, 0.05) is 32.5 Å². The van der Waals surface area contributed by atoms with Gasteiger partial charge < -0.3 is 9.64 Å². The summed E-state index contributed by atoms with van der Waals surface area (Å²) in [4.78, 5) is 2.49. The molecule has 2 heteroatoms. The van der Waals surface area contributed by atoms with Crippen molar-refractivity contribution in [3.8, 4) is 0 Å². The number of hydrogen-bond acceptors (Lipinski definition) is 2. The summed E-state index contributed by atoms with van der Waals surface area (Å²) in [6.45, 7) is 5.41. The van der Waals surface area contributed by atoms with Crippen LogP contribution in [0, 0.1) is 0 Å². The standard InChI is InChI=1S/C15H25NO/c1-3-4-12-16(13-8-9-14-17-2)15-10-6-5-7-11-15/h5-7,10-11H,3-4,8-9,12-14H2,1-2H3. The van der Waals surface area contributed by atoms with Crippen LogP contribution in [0.15, 0.2) is 30.3 Å². The highest BCUT2D eigenvalue weighted by molar-refractivity contribution is 5.45. The number of para-hydroxylation sites is 1. The average molecular weight is 235 g/mol. The number of rotatable bonds is 9. The molecule has 0 aliphatic rings. The summed E-state index contributed by atoms with van der Waals surface area (Å²) < 4.78 is 5.09. The third-order valence-corrected chi connectivity index (χ3v) is 2.93. The van der Waals surface area contributed by atoms with Crippen LogP contribution in [0.1, 0.15) is 32.6 Å². The van der Waals surface area contributed by atoms with Gasteiger partial charge in [0.05, 0.1) is 0 Å². The highest BCUT2D eigenvalue weighted by Crippen LogP contribution is 2.14. The summed E-state index contributed by atoms with van der Waals surface area (Å²) in [5.41, 5.74) is 1.35. The van der Waals surface area contributed by atoms with E-state index in [0.717, 1.165) is 26.1 Å². The Balaban J connectivity index is 2.43. The first-order chi connectivity index (χ1) is 8.38. The topological polar surface area (TPSA) is 12.5 Å². The minimum absolute atomic E-state index is 0.871. The van der Waals surface area contributed by atoms with Gasteiger partial charge in [-0.2, -0.15) is 0 Å². The van der Waals surface area contributed by atoms with Crippen molar-refractivity contribution in [1.82, 2.24) is 0 Å². The molecule has 0 radical (unpaired) electrons. The molecule has 0 aliphatic carbocycles. The van der Waals surface area contributed by atoms with E-state index in [2.05, 4.69) is 42.2 Å². The zero-order valence-corrected chi connectivity index (χ0v) is 11.2. The van der Waals surface area contributed by atoms with Crippen molar-refractivity contribution in [3.63, 3.8) is 0 Å². The van der Waals surface area contributed by atoms with Crippen LogP contribution >= 0.6 is 0 Å². The molecule has 1 rings (SSSR count). The highest BCUT2D eigenvalue weighted by atomic mass is 16.5. The normalized spacial score (nSPS) is 10.5. The number of nitrogens with zero attached hydrogens (tertiary/aromatic N) is 1. The molecule has 96 valence electrons. The fourth-order valence-electron chi connectivity index (χ4n) is 1.91. The van der Waals surface area contributed by atoms with E-state index in [1.54, 1.807) is 7.11 Å². The monoisotopic (exact) mass is 235 g/mol. The molecule has 17 heavy (non-hydrogen) atoms. The van der Waals surface area contributed by atoms with Crippen molar-refractivity contribution in [2.45, 2.75) is 32.6 Å². The fourth-order valence-corrected chi connectivity index (χ4v) is 1.91.